The first-order valence-electron chi connectivity index (χ1n) is 4.12. The first kappa shape index (κ1) is 8.93. The normalized spacial score (nSPS) is 11.4. The third-order valence-electron chi connectivity index (χ3n) is 2.10. The van der Waals surface area contributed by atoms with Gasteiger partial charge in [-0.2, -0.15) is 13.9 Å². The predicted molar refractivity (Wildman–Crippen MR) is 50.1 cm³/mol. The SMILES string of the molecule is Cc1nn(C(F)F)c2cc(N)ccc12. The Hall–Kier alpha value is -1.65. The van der Waals surface area contributed by atoms with Crippen LogP contribution in [0.3, 0.4) is 0 Å². The van der Waals surface area contributed by atoms with Crippen LogP contribution >= 0.6 is 0 Å². The lowest BCUT2D eigenvalue weighted by atomic mass is 10.2. The molecule has 2 rings (SSSR count). The number of nitrogen functional groups attached to an aromatic ring is 1. The van der Waals surface area contributed by atoms with Gasteiger partial charge in [0.2, 0.25) is 0 Å². The number of benzene rings is 1. The lowest BCUT2D eigenvalue weighted by Gasteiger charge is -2.00. The standard InChI is InChI=1S/C9H9F2N3/c1-5-7-3-2-6(12)4-8(7)14(13-5)9(10)11/h2-4,9H,12H2,1H3. The Morgan fingerprint density at radius 3 is 2.79 bits per heavy atom. The minimum absolute atomic E-state index is 0.373. The van der Waals surface area contributed by atoms with Crippen molar-refractivity contribution in [2.75, 3.05) is 5.73 Å². The molecule has 0 atom stereocenters. The number of hydrogen-bond donors (Lipinski definition) is 1. The Kier molecular flexibility index (Phi) is 1.87. The molecule has 1 heterocycles. The van der Waals surface area contributed by atoms with E-state index < -0.39 is 6.55 Å². The molecule has 0 unspecified atom stereocenters. The monoisotopic (exact) mass is 197 g/mol. The zero-order valence-electron chi connectivity index (χ0n) is 7.54. The number of fused-ring (bicyclic) bond motifs is 1. The van der Waals surface area contributed by atoms with Gasteiger partial charge in [-0.15, -0.1) is 0 Å². The van der Waals surface area contributed by atoms with Gasteiger partial charge in [0, 0.05) is 11.1 Å². The van der Waals surface area contributed by atoms with Gasteiger partial charge in [-0.25, -0.2) is 4.68 Å². The number of anilines is 1. The number of rotatable bonds is 1. The summed E-state index contributed by atoms with van der Waals surface area (Å²) in [7, 11) is 0. The summed E-state index contributed by atoms with van der Waals surface area (Å²) >= 11 is 0. The maximum absolute atomic E-state index is 12.5. The summed E-state index contributed by atoms with van der Waals surface area (Å²) in [5, 5.41) is 4.45. The van der Waals surface area contributed by atoms with Gasteiger partial charge in [0.25, 0.3) is 0 Å². The molecule has 0 saturated carbocycles. The molecule has 5 heteroatoms. The van der Waals surface area contributed by atoms with E-state index in [0.717, 1.165) is 0 Å². The highest BCUT2D eigenvalue weighted by molar-refractivity contribution is 5.84. The molecule has 74 valence electrons. The highest BCUT2D eigenvalue weighted by Crippen LogP contribution is 2.24. The Balaban J connectivity index is 2.79. The van der Waals surface area contributed by atoms with Crippen molar-refractivity contribution >= 4 is 16.6 Å². The van der Waals surface area contributed by atoms with Crippen molar-refractivity contribution in [3.05, 3.63) is 23.9 Å². The number of aromatic nitrogens is 2. The van der Waals surface area contributed by atoms with E-state index in [9.17, 15) is 8.78 Å². The van der Waals surface area contributed by atoms with Crippen LogP contribution in [0.15, 0.2) is 18.2 Å². The van der Waals surface area contributed by atoms with Crippen molar-refractivity contribution in [2.45, 2.75) is 13.5 Å². The van der Waals surface area contributed by atoms with Gasteiger partial charge in [-0.1, -0.05) is 0 Å². The largest absolute Gasteiger partial charge is 0.399 e. The van der Waals surface area contributed by atoms with E-state index in [1.165, 1.54) is 6.07 Å². The van der Waals surface area contributed by atoms with Gasteiger partial charge in [-0.3, -0.25) is 0 Å². The first-order chi connectivity index (χ1) is 6.59. The average molecular weight is 197 g/mol. The molecule has 14 heavy (non-hydrogen) atoms. The number of aryl methyl sites for hydroxylation is 1. The van der Waals surface area contributed by atoms with Crippen LogP contribution < -0.4 is 5.73 Å². The van der Waals surface area contributed by atoms with Crippen molar-refractivity contribution in [3.8, 4) is 0 Å². The maximum Gasteiger partial charge on any atom is 0.333 e. The number of alkyl halides is 2. The van der Waals surface area contributed by atoms with Crippen LogP contribution in [-0.4, -0.2) is 9.78 Å². The molecule has 0 fully saturated rings. The van der Waals surface area contributed by atoms with Crippen molar-refractivity contribution in [1.29, 1.82) is 0 Å². The third kappa shape index (κ3) is 1.21. The van der Waals surface area contributed by atoms with E-state index in [-0.39, 0.29) is 0 Å². The van der Waals surface area contributed by atoms with Gasteiger partial charge in [0.05, 0.1) is 11.2 Å². The van der Waals surface area contributed by atoms with E-state index >= 15 is 0 Å². The van der Waals surface area contributed by atoms with Crippen LogP contribution in [0, 0.1) is 6.92 Å². The molecule has 1 aromatic heterocycles. The van der Waals surface area contributed by atoms with Gasteiger partial charge < -0.3 is 5.73 Å². The zero-order chi connectivity index (χ0) is 10.3. The summed E-state index contributed by atoms with van der Waals surface area (Å²) in [4.78, 5) is 0. The maximum atomic E-state index is 12.5. The molecule has 1 aromatic carbocycles. The molecule has 2 aromatic rings. The summed E-state index contributed by atoms with van der Waals surface area (Å²) in [5.74, 6) is 0. The van der Waals surface area contributed by atoms with E-state index in [2.05, 4.69) is 5.10 Å². The fraction of sp³-hybridized carbons (Fsp3) is 0.222. The van der Waals surface area contributed by atoms with E-state index in [1.807, 2.05) is 0 Å². The Morgan fingerprint density at radius 2 is 2.14 bits per heavy atom. The first-order valence-corrected chi connectivity index (χ1v) is 4.12. The van der Waals surface area contributed by atoms with Crippen LogP contribution in [0.25, 0.3) is 10.9 Å². The van der Waals surface area contributed by atoms with Crippen LogP contribution in [0.5, 0.6) is 0 Å². The van der Waals surface area contributed by atoms with Crippen molar-refractivity contribution in [3.63, 3.8) is 0 Å². The fourth-order valence-corrected chi connectivity index (χ4v) is 1.46. The summed E-state index contributed by atoms with van der Waals surface area (Å²) < 4.78 is 25.7. The topological polar surface area (TPSA) is 43.8 Å². The lowest BCUT2D eigenvalue weighted by Crippen LogP contribution is -2.00. The second kappa shape index (κ2) is 2.94. The minimum atomic E-state index is -2.63. The van der Waals surface area contributed by atoms with Gasteiger partial charge in [0.15, 0.2) is 0 Å². The molecule has 0 aliphatic rings. The van der Waals surface area contributed by atoms with E-state index in [1.54, 1.807) is 19.1 Å². The van der Waals surface area contributed by atoms with Crippen LogP contribution in [0.1, 0.15) is 12.2 Å². The number of nitrogens with zero attached hydrogens (tertiary/aromatic N) is 2. The summed E-state index contributed by atoms with van der Waals surface area (Å²) in [6.07, 6.45) is 0. The number of nitrogens with two attached hydrogens (primary N) is 1. The Bertz CT molecular complexity index is 476. The molecule has 0 radical (unpaired) electrons. The molecule has 0 aliphatic heterocycles. The third-order valence-corrected chi connectivity index (χ3v) is 2.10. The molecule has 0 spiro atoms. The lowest BCUT2D eigenvalue weighted by molar-refractivity contribution is 0.0612. The number of halogens is 2. The molecule has 0 amide bonds. The molecule has 3 nitrogen and oxygen atoms in total. The van der Waals surface area contributed by atoms with Gasteiger partial charge in [0.1, 0.15) is 0 Å². The zero-order valence-corrected chi connectivity index (χ0v) is 7.54. The Morgan fingerprint density at radius 1 is 1.43 bits per heavy atom. The summed E-state index contributed by atoms with van der Waals surface area (Å²) in [5.41, 5.74) is 6.93. The van der Waals surface area contributed by atoms with E-state index in [4.69, 9.17) is 5.73 Å². The predicted octanol–water partition coefficient (Wildman–Crippen LogP) is 2.32. The second-order valence-electron chi connectivity index (χ2n) is 3.08. The fourth-order valence-electron chi connectivity index (χ4n) is 1.46. The van der Waals surface area contributed by atoms with Crippen LogP contribution in [-0.2, 0) is 0 Å². The van der Waals surface area contributed by atoms with Crippen LogP contribution in [0.2, 0.25) is 0 Å². The highest BCUT2D eigenvalue weighted by atomic mass is 19.3. The van der Waals surface area contributed by atoms with Gasteiger partial charge >= 0.3 is 6.55 Å². The average Bonchev–Trinajstić information content (AvgIpc) is 2.43. The second-order valence-corrected chi connectivity index (χ2v) is 3.08. The molecule has 0 bridgehead atoms. The van der Waals surface area contributed by atoms with Gasteiger partial charge in [-0.05, 0) is 25.1 Å². The quantitative estimate of drug-likeness (QED) is 0.713. The van der Waals surface area contributed by atoms with Crippen molar-refractivity contribution in [2.24, 2.45) is 0 Å². The molecule has 0 saturated heterocycles. The van der Waals surface area contributed by atoms with Crippen LogP contribution in [0.4, 0.5) is 14.5 Å². The number of hydrogen-bond acceptors (Lipinski definition) is 2. The highest BCUT2D eigenvalue weighted by Gasteiger charge is 2.13. The van der Waals surface area contributed by atoms with Crippen molar-refractivity contribution in [1.82, 2.24) is 9.78 Å². The smallest absolute Gasteiger partial charge is 0.333 e. The molecular weight excluding hydrogens is 188 g/mol. The molecule has 0 aliphatic carbocycles. The summed E-state index contributed by atoms with van der Waals surface area (Å²) in [6, 6.07) is 4.88. The van der Waals surface area contributed by atoms with Crippen molar-refractivity contribution < 1.29 is 8.78 Å². The molecular formula is C9H9F2N3. The van der Waals surface area contributed by atoms with E-state index in [0.29, 0.717) is 27.0 Å². The Labute approximate surface area is 79.1 Å². The minimum Gasteiger partial charge on any atom is -0.399 e. The summed E-state index contributed by atoms with van der Waals surface area (Å²) in [6.45, 7) is -0.940. The molecule has 2 N–H and O–H groups in total.